The van der Waals surface area contributed by atoms with Gasteiger partial charge in [0.25, 0.3) is 0 Å². The highest BCUT2D eigenvalue weighted by molar-refractivity contribution is 4.75. The number of ether oxygens (including phenoxy) is 1. The van der Waals surface area contributed by atoms with Crippen LogP contribution in [0, 0.1) is 11.3 Å². The summed E-state index contributed by atoms with van der Waals surface area (Å²) in [6, 6.07) is 0. The molecule has 0 amide bonds. The maximum atomic E-state index is 5.66. The Kier molecular flexibility index (Phi) is 4.69. The molecule has 0 aliphatic heterocycles. The highest BCUT2D eigenvalue weighted by Gasteiger charge is 2.23. The Morgan fingerprint density at radius 1 is 1.45 bits per heavy atom. The van der Waals surface area contributed by atoms with Gasteiger partial charge in [0.15, 0.2) is 0 Å². The Morgan fingerprint density at radius 2 is 2.00 bits per heavy atom. The van der Waals surface area contributed by atoms with Gasteiger partial charge in [-0.05, 0) is 18.9 Å². The van der Waals surface area contributed by atoms with Gasteiger partial charge in [-0.2, -0.15) is 0 Å². The van der Waals surface area contributed by atoms with Gasteiger partial charge in [0.05, 0.1) is 6.61 Å². The Balaban J connectivity index is 3.87. The average Bonchev–Trinajstić information content (AvgIpc) is 1.87. The zero-order valence-corrected chi connectivity index (χ0v) is 8.18. The molecule has 0 aliphatic rings. The van der Waals surface area contributed by atoms with Crippen molar-refractivity contribution >= 4 is 0 Å². The van der Waals surface area contributed by atoms with Crippen molar-refractivity contribution in [3.8, 4) is 0 Å². The van der Waals surface area contributed by atoms with E-state index in [-0.39, 0.29) is 5.41 Å². The monoisotopic (exact) mass is 159 g/mol. The molecule has 2 nitrogen and oxygen atoms in total. The Bertz CT molecular complexity index is 104. The molecular formula is C9H21NO. The molecule has 0 aromatic rings. The van der Waals surface area contributed by atoms with Crippen molar-refractivity contribution in [1.82, 2.24) is 0 Å². The molecule has 1 atom stereocenters. The van der Waals surface area contributed by atoms with Gasteiger partial charge in [-0.15, -0.1) is 0 Å². The number of nitrogens with two attached hydrogens (primary N) is 1. The minimum atomic E-state index is 0.170. The Hall–Kier alpha value is -0.0800. The second-order valence-corrected chi connectivity index (χ2v) is 4.05. The van der Waals surface area contributed by atoms with E-state index in [0.717, 1.165) is 13.0 Å². The topological polar surface area (TPSA) is 35.2 Å². The molecule has 0 bridgehead atoms. The largest absolute Gasteiger partial charge is 0.384 e. The van der Waals surface area contributed by atoms with E-state index in [2.05, 4.69) is 20.8 Å². The summed E-state index contributed by atoms with van der Waals surface area (Å²) in [4.78, 5) is 0. The Morgan fingerprint density at radius 3 is 2.27 bits per heavy atom. The number of methoxy groups -OCH3 is 1. The van der Waals surface area contributed by atoms with Crippen LogP contribution in [-0.4, -0.2) is 20.3 Å². The van der Waals surface area contributed by atoms with Crippen molar-refractivity contribution < 1.29 is 4.74 Å². The first-order chi connectivity index (χ1) is 5.04. The van der Waals surface area contributed by atoms with Crippen LogP contribution in [0.15, 0.2) is 0 Å². The zero-order valence-electron chi connectivity index (χ0n) is 8.18. The summed E-state index contributed by atoms with van der Waals surface area (Å²) in [6.45, 7) is 8.07. The number of hydrogen-bond donors (Lipinski definition) is 1. The van der Waals surface area contributed by atoms with Crippen LogP contribution in [0.4, 0.5) is 0 Å². The van der Waals surface area contributed by atoms with E-state index in [9.17, 15) is 0 Å². The third-order valence-electron chi connectivity index (χ3n) is 1.89. The van der Waals surface area contributed by atoms with Crippen molar-refractivity contribution in [1.29, 1.82) is 0 Å². The summed E-state index contributed by atoms with van der Waals surface area (Å²) in [6.07, 6.45) is 1.14. The molecule has 0 aromatic heterocycles. The highest BCUT2D eigenvalue weighted by Crippen LogP contribution is 2.24. The van der Waals surface area contributed by atoms with Gasteiger partial charge >= 0.3 is 0 Å². The molecule has 0 saturated carbocycles. The summed E-state index contributed by atoms with van der Waals surface area (Å²) >= 11 is 0. The van der Waals surface area contributed by atoms with Crippen LogP contribution in [0.3, 0.4) is 0 Å². The van der Waals surface area contributed by atoms with Crippen LogP contribution < -0.4 is 5.73 Å². The van der Waals surface area contributed by atoms with E-state index in [1.54, 1.807) is 7.11 Å². The summed E-state index contributed by atoms with van der Waals surface area (Å²) in [5.41, 5.74) is 5.83. The summed E-state index contributed by atoms with van der Waals surface area (Å²) in [5.74, 6) is 0.693. The third kappa shape index (κ3) is 4.38. The lowest BCUT2D eigenvalue weighted by Gasteiger charge is -2.28. The molecule has 11 heavy (non-hydrogen) atoms. The van der Waals surface area contributed by atoms with E-state index >= 15 is 0 Å². The van der Waals surface area contributed by atoms with Crippen LogP contribution >= 0.6 is 0 Å². The molecule has 0 spiro atoms. The number of rotatable bonds is 5. The van der Waals surface area contributed by atoms with Gasteiger partial charge in [0.1, 0.15) is 0 Å². The molecule has 0 rings (SSSR count). The first kappa shape index (κ1) is 10.9. The normalized spacial score (nSPS) is 16.9. The van der Waals surface area contributed by atoms with Crippen molar-refractivity contribution in [2.24, 2.45) is 17.1 Å². The second kappa shape index (κ2) is 4.73. The maximum Gasteiger partial charge on any atom is 0.0528 e. The first-order valence-electron chi connectivity index (χ1n) is 4.23. The third-order valence-corrected chi connectivity index (χ3v) is 1.89. The standard InChI is InChI=1S/C9H21NO/c1-8(2)5-9(3,6-10)7-11-4/h8H,5-7,10H2,1-4H3. The van der Waals surface area contributed by atoms with Gasteiger partial charge in [-0.3, -0.25) is 0 Å². The molecule has 0 saturated heterocycles. The van der Waals surface area contributed by atoms with Crippen molar-refractivity contribution in [2.45, 2.75) is 27.2 Å². The number of hydrogen-bond acceptors (Lipinski definition) is 2. The lowest BCUT2D eigenvalue weighted by atomic mass is 9.83. The average molecular weight is 159 g/mol. The molecule has 0 aromatic carbocycles. The first-order valence-corrected chi connectivity index (χ1v) is 4.23. The van der Waals surface area contributed by atoms with Gasteiger partial charge in [0, 0.05) is 12.5 Å². The van der Waals surface area contributed by atoms with Crippen LogP contribution in [0.1, 0.15) is 27.2 Å². The highest BCUT2D eigenvalue weighted by atomic mass is 16.5. The van der Waals surface area contributed by atoms with E-state index in [4.69, 9.17) is 10.5 Å². The van der Waals surface area contributed by atoms with Crippen molar-refractivity contribution in [3.05, 3.63) is 0 Å². The van der Waals surface area contributed by atoms with Gasteiger partial charge in [-0.1, -0.05) is 20.8 Å². The van der Waals surface area contributed by atoms with E-state index in [1.807, 2.05) is 0 Å². The second-order valence-electron chi connectivity index (χ2n) is 4.05. The van der Waals surface area contributed by atoms with E-state index in [1.165, 1.54) is 0 Å². The molecule has 1 unspecified atom stereocenters. The van der Waals surface area contributed by atoms with Crippen molar-refractivity contribution in [2.75, 3.05) is 20.3 Å². The maximum absolute atomic E-state index is 5.66. The SMILES string of the molecule is COCC(C)(CN)CC(C)C. The van der Waals surface area contributed by atoms with Crippen LogP contribution in [0.2, 0.25) is 0 Å². The molecule has 68 valence electrons. The van der Waals surface area contributed by atoms with Gasteiger partial charge in [0.2, 0.25) is 0 Å². The van der Waals surface area contributed by atoms with Crippen LogP contribution in [-0.2, 0) is 4.74 Å². The summed E-state index contributed by atoms with van der Waals surface area (Å²) < 4.78 is 5.12. The molecular weight excluding hydrogens is 138 g/mol. The predicted molar refractivity (Wildman–Crippen MR) is 48.5 cm³/mol. The quantitative estimate of drug-likeness (QED) is 0.662. The molecule has 0 fully saturated rings. The van der Waals surface area contributed by atoms with Gasteiger partial charge in [-0.25, -0.2) is 0 Å². The minimum absolute atomic E-state index is 0.170. The predicted octanol–water partition coefficient (Wildman–Crippen LogP) is 1.64. The van der Waals surface area contributed by atoms with Crippen molar-refractivity contribution in [3.63, 3.8) is 0 Å². The smallest absolute Gasteiger partial charge is 0.0528 e. The van der Waals surface area contributed by atoms with Gasteiger partial charge < -0.3 is 10.5 Å². The molecule has 0 heterocycles. The fourth-order valence-electron chi connectivity index (χ4n) is 1.54. The molecule has 2 heteroatoms. The van der Waals surface area contributed by atoms with E-state index in [0.29, 0.717) is 12.5 Å². The zero-order chi connectivity index (χ0) is 8.91. The summed E-state index contributed by atoms with van der Waals surface area (Å²) in [5, 5.41) is 0. The lowest BCUT2D eigenvalue weighted by molar-refractivity contribution is 0.0817. The molecule has 2 N–H and O–H groups in total. The fourth-order valence-corrected chi connectivity index (χ4v) is 1.54. The van der Waals surface area contributed by atoms with Crippen LogP contribution in [0.25, 0.3) is 0 Å². The fraction of sp³-hybridized carbons (Fsp3) is 1.00. The van der Waals surface area contributed by atoms with Crippen LogP contribution in [0.5, 0.6) is 0 Å². The lowest BCUT2D eigenvalue weighted by Crippen LogP contribution is -2.33. The summed E-state index contributed by atoms with van der Waals surface area (Å²) in [7, 11) is 1.73. The van der Waals surface area contributed by atoms with E-state index < -0.39 is 0 Å². The Labute approximate surface area is 70.1 Å². The molecule has 0 radical (unpaired) electrons. The molecule has 0 aliphatic carbocycles. The minimum Gasteiger partial charge on any atom is -0.384 e.